The number of nitrogens with zero attached hydrogens (tertiary/aromatic N) is 3. The maximum Gasteiger partial charge on any atom is 0.235 e. The number of hydrogen-bond donors (Lipinski definition) is 0. The quantitative estimate of drug-likeness (QED) is 0.841. The number of hydrogen-bond acceptors (Lipinski definition) is 4. The molecule has 0 saturated carbocycles. The predicted molar refractivity (Wildman–Crippen MR) is 69.5 cm³/mol. The number of furan rings is 1. The minimum absolute atomic E-state index is 0.119. The standard InChI is InChI=1S/C14H13N3O2/c1-10-3-5-12(19-10)7-14(18)17(2)13-6-4-11(8-15)9-16-13/h3-6,9H,7H2,1-2H3. The van der Waals surface area contributed by atoms with Crippen LogP contribution in [-0.4, -0.2) is 17.9 Å². The zero-order valence-corrected chi connectivity index (χ0v) is 10.8. The molecule has 0 bridgehead atoms. The summed E-state index contributed by atoms with van der Waals surface area (Å²) in [6.45, 7) is 1.83. The molecule has 2 aromatic rings. The van der Waals surface area contributed by atoms with E-state index in [1.54, 1.807) is 25.2 Å². The van der Waals surface area contributed by atoms with Gasteiger partial charge in [0.15, 0.2) is 0 Å². The van der Waals surface area contributed by atoms with Crippen LogP contribution in [0.4, 0.5) is 5.82 Å². The summed E-state index contributed by atoms with van der Waals surface area (Å²) in [7, 11) is 1.65. The average Bonchev–Trinajstić information content (AvgIpc) is 2.83. The lowest BCUT2D eigenvalue weighted by Crippen LogP contribution is -2.28. The van der Waals surface area contributed by atoms with Gasteiger partial charge in [0, 0.05) is 13.2 Å². The third-order valence-electron chi connectivity index (χ3n) is 2.72. The molecule has 96 valence electrons. The molecule has 0 N–H and O–H groups in total. The summed E-state index contributed by atoms with van der Waals surface area (Å²) < 4.78 is 5.37. The van der Waals surface area contributed by atoms with E-state index in [9.17, 15) is 4.79 Å². The number of carbonyl (C=O) groups excluding carboxylic acids is 1. The van der Waals surface area contributed by atoms with Crippen molar-refractivity contribution in [3.8, 4) is 6.07 Å². The Morgan fingerprint density at radius 2 is 2.21 bits per heavy atom. The highest BCUT2D eigenvalue weighted by Crippen LogP contribution is 2.13. The molecule has 0 saturated heterocycles. The maximum absolute atomic E-state index is 12.0. The van der Waals surface area contributed by atoms with Crippen LogP contribution in [0.15, 0.2) is 34.9 Å². The first-order valence-electron chi connectivity index (χ1n) is 5.78. The summed E-state index contributed by atoms with van der Waals surface area (Å²) >= 11 is 0. The number of pyridine rings is 1. The Balaban J connectivity index is 2.08. The number of nitriles is 1. The molecule has 0 spiro atoms. The lowest BCUT2D eigenvalue weighted by molar-refractivity contribution is -0.117. The van der Waals surface area contributed by atoms with Crippen LogP contribution in [0.25, 0.3) is 0 Å². The number of aromatic nitrogens is 1. The van der Waals surface area contributed by atoms with Crippen molar-refractivity contribution in [2.75, 3.05) is 11.9 Å². The van der Waals surface area contributed by atoms with Crippen molar-refractivity contribution in [1.82, 2.24) is 4.98 Å². The number of anilines is 1. The monoisotopic (exact) mass is 255 g/mol. The van der Waals surface area contributed by atoms with Crippen LogP contribution in [0.5, 0.6) is 0 Å². The zero-order chi connectivity index (χ0) is 13.8. The van der Waals surface area contributed by atoms with Crippen LogP contribution in [0.2, 0.25) is 0 Å². The Bertz CT molecular complexity index is 623. The van der Waals surface area contributed by atoms with Crippen molar-refractivity contribution >= 4 is 11.7 Å². The Labute approximate surface area is 111 Å². The molecule has 2 aromatic heterocycles. The zero-order valence-electron chi connectivity index (χ0n) is 10.8. The second-order valence-electron chi connectivity index (χ2n) is 4.16. The Morgan fingerprint density at radius 3 is 2.74 bits per heavy atom. The van der Waals surface area contributed by atoms with E-state index < -0.39 is 0 Å². The third kappa shape index (κ3) is 2.99. The molecule has 5 nitrogen and oxygen atoms in total. The van der Waals surface area contributed by atoms with E-state index in [1.807, 2.05) is 19.1 Å². The molecule has 19 heavy (non-hydrogen) atoms. The third-order valence-corrected chi connectivity index (χ3v) is 2.72. The molecule has 2 rings (SSSR count). The van der Waals surface area contributed by atoms with Crippen LogP contribution < -0.4 is 4.90 Å². The van der Waals surface area contributed by atoms with Gasteiger partial charge in [0.05, 0.1) is 12.0 Å². The lowest BCUT2D eigenvalue weighted by atomic mass is 10.2. The van der Waals surface area contributed by atoms with E-state index in [-0.39, 0.29) is 12.3 Å². The van der Waals surface area contributed by atoms with E-state index in [4.69, 9.17) is 9.68 Å². The summed E-state index contributed by atoms with van der Waals surface area (Å²) in [5.74, 6) is 1.80. The van der Waals surface area contributed by atoms with Gasteiger partial charge in [-0.2, -0.15) is 5.26 Å². The summed E-state index contributed by atoms with van der Waals surface area (Å²) in [5.41, 5.74) is 0.464. The van der Waals surface area contributed by atoms with Gasteiger partial charge in [-0.1, -0.05) is 0 Å². The first-order valence-corrected chi connectivity index (χ1v) is 5.78. The number of aryl methyl sites for hydroxylation is 1. The highest BCUT2D eigenvalue weighted by molar-refractivity contribution is 5.93. The summed E-state index contributed by atoms with van der Waals surface area (Å²) in [5, 5.41) is 8.69. The maximum atomic E-state index is 12.0. The molecular weight excluding hydrogens is 242 g/mol. The minimum atomic E-state index is -0.119. The minimum Gasteiger partial charge on any atom is -0.466 e. The normalized spacial score (nSPS) is 9.95. The van der Waals surface area contributed by atoms with Crippen molar-refractivity contribution in [2.24, 2.45) is 0 Å². The van der Waals surface area contributed by atoms with E-state index in [1.165, 1.54) is 11.1 Å². The van der Waals surface area contributed by atoms with Crippen molar-refractivity contribution in [3.63, 3.8) is 0 Å². The van der Waals surface area contributed by atoms with Gasteiger partial charge in [-0.3, -0.25) is 9.69 Å². The van der Waals surface area contributed by atoms with Gasteiger partial charge in [-0.25, -0.2) is 4.98 Å². The molecule has 0 fully saturated rings. The molecule has 0 aliphatic carbocycles. The average molecular weight is 255 g/mol. The number of rotatable bonds is 3. The molecule has 5 heteroatoms. The first-order chi connectivity index (χ1) is 9.10. The fraction of sp³-hybridized carbons (Fsp3) is 0.214. The van der Waals surface area contributed by atoms with Crippen molar-refractivity contribution < 1.29 is 9.21 Å². The Kier molecular flexibility index (Phi) is 3.62. The van der Waals surface area contributed by atoms with Crippen molar-refractivity contribution in [1.29, 1.82) is 5.26 Å². The number of amides is 1. The number of likely N-dealkylation sites (N-methyl/N-ethyl adjacent to an activating group) is 1. The molecular formula is C14H13N3O2. The van der Waals surface area contributed by atoms with Gasteiger partial charge in [-0.15, -0.1) is 0 Å². The van der Waals surface area contributed by atoms with Gasteiger partial charge in [-0.05, 0) is 31.2 Å². The van der Waals surface area contributed by atoms with E-state index in [0.717, 1.165) is 5.76 Å². The smallest absolute Gasteiger partial charge is 0.235 e. The van der Waals surface area contributed by atoms with Gasteiger partial charge < -0.3 is 4.42 Å². The Hall–Kier alpha value is -2.61. The highest BCUT2D eigenvalue weighted by atomic mass is 16.3. The van der Waals surface area contributed by atoms with Gasteiger partial charge in [0.25, 0.3) is 0 Å². The van der Waals surface area contributed by atoms with E-state index in [2.05, 4.69) is 4.98 Å². The lowest BCUT2D eigenvalue weighted by Gasteiger charge is -2.15. The van der Waals surface area contributed by atoms with Crippen molar-refractivity contribution in [3.05, 3.63) is 47.5 Å². The SMILES string of the molecule is Cc1ccc(CC(=O)N(C)c2ccc(C#N)cn2)o1. The van der Waals surface area contributed by atoms with E-state index in [0.29, 0.717) is 17.1 Å². The topological polar surface area (TPSA) is 70.1 Å². The molecule has 1 amide bonds. The second kappa shape index (κ2) is 5.36. The van der Waals surface area contributed by atoms with Gasteiger partial charge in [0.2, 0.25) is 5.91 Å². The summed E-state index contributed by atoms with van der Waals surface area (Å²) in [4.78, 5) is 17.6. The summed E-state index contributed by atoms with van der Waals surface area (Å²) in [6.07, 6.45) is 1.63. The molecule has 2 heterocycles. The predicted octanol–water partition coefficient (Wildman–Crippen LogP) is 2.06. The number of carbonyl (C=O) groups is 1. The largest absolute Gasteiger partial charge is 0.466 e. The van der Waals surface area contributed by atoms with Crippen LogP contribution in [-0.2, 0) is 11.2 Å². The first kappa shape index (κ1) is 12.8. The molecule has 0 aliphatic rings. The fourth-order valence-electron chi connectivity index (χ4n) is 1.63. The van der Waals surface area contributed by atoms with Crippen molar-refractivity contribution in [2.45, 2.75) is 13.3 Å². The molecule has 0 aromatic carbocycles. The van der Waals surface area contributed by atoms with Gasteiger partial charge in [0.1, 0.15) is 23.4 Å². The second-order valence-corrected chi connectivity index (χ2v) is 4.16. The van der Waals surface area contributed by atoms with E-state index >= 15 is 0 Å². The molecule has 0 radical (unpaired) electrons. The fourth-order valence-corrected chi connectivity index (χ4v) is 1.63. The van der Waals surface area contributed by atoms with Crippen LogP contribution in [0.1, 0.15) is 17.1 Å². The molecule has 0 atom stereocenters. The van der Waals surface area contributed by atoms with Gasteiger partial charge >= 0.3 is 0 Å². The molecule has 0 aliphatic heterocycles. The van der Waals surface area contributed by atoms with Crippen LogP contribution in [0.3, 0.4) is 0 Å². The molecule has 0 unspecified atom stereocenters. The highest BCUT2D eigenvalue weighted by Gasteiger charge is 2.14. The Morgan fingerprint density at radius 1 is 1.42 bits per heavy atom. The van der Waals surface area contributed by atoms with Crippen LogP contribution in [0, 0.1) is 18.3 Å². The van der Waals surface area contributed by atoms with Crippen LogP contribution >= 0.6 is 0 Å². The summed E-state index contributed by atoms with van der Waals surface area (Å²) in [6, 6.07) is 8.86.